The van der Waals surface area contributed by atoms with Crippen molar-refractivity contribution in [1.82, 2.24) is 0 Å². The molecule has 1 unspecified atom stereocenters. The van der Waals surface area contributed by atoms with Crippen LogP contribution in [0.25, 0.3) is 0 Å². The van der Waals surface area contributed by atoms with Gasteiger partial charge in [0, 0.05) is 10.4 Å². The average molecular weight is 354 g/mol. The summed E-state index contributed by atoms with van der Waals surface area (Å²) in [5.74, 6) is 1.12. The van der Waals surface area contributed by atoms with Crippen molar-refractivity contribution in [3.8, 4) is 11.8 Å². The van der Waals surface area contributed by atoms with Crippen molar-refractivity contribution < 1.29 is 9.53 Å². The molecule has 1 aromatic heterocycles. The predicted octanol–water partition coefficient (Wildman–Crippen LogP) is 4.79. The molecule has 0 aliphatic heterocycles. The van der Waals surface area contributed by atoms with Gasteiger partial charge < -0.3 is 10.1 Å². The molecule has 5 heteroatoms. The SMILES string of the molecule is CCCOc1cccc(C(=O)Nc2sc3c(c2C#N)CCC(C)C3)c1. The summed E-state index contributed by atoms with van der Waals surface area (Å²) < 4.78 is 5.59. The number of amides is 1. The summed E-state index contributed by atoms with van der Waals surface area (Å²) in [5.41, 5.74) is 2.30. The van der Waals surface area contributed by atoms with Gasteiger partial charge in [-0.3, -0.25) is 4.79 Å². The molecule has 130 valence electrons. The normalized spacial score (nSPS) is 16.0. The zero-order valence-electron chi connectivity index (χ0n) is 14.6. The van der Waals surface area contributed by atoms with Crippen LogP contribution in [0.3, 0.4) is 0 Å². The monoisotopic (exact) mass is 354 g/mol. The topological polar surface area (TPSA) is 62.1 Å². The van der Waals surface area contributed by atoms with Crippen LogP contribution in [0.2, 0.25) is 0 Å². The molecule has 1 N–H and O–H groups in total. The number of ether oxygens (including phenoxy) is 1. The number of fused-ring (bicyclic) bond motifs is 1. The van der Waals surface area contributed by atoms with Crippen molar-refractivity contribution in [2.24, 2.45) is 5.92 Å². The lowest BCUT2D eigenvalue weighted by Gasteiger charge is -2.17. The smallest absolute Gasteiger partial charge is 0.256 e. The Morgan fingerprint density at radius 3 is 3.08 bits per heavy atom. The van der Waals surface area contributed by atoms with E-state index in [2.05, 4.69) is 18.3 Å². The number of carbonyl (C=O) groups is 1. The van der Waals surface area contributed by atoms with Crippen molar-refractivity contribution in [2.75, 3.05) is 11.9 Å². The lowest BCUT2D eigenvalue weighted by Crippen LogP contribution is -2.12. The summed E-state index contributed by atoms with van der Waals surface area (Å²) in [4.78, 5) is 13.9. The molecule has 1 amide bonds. The number of carbonyl (C=O) groups excluding carboxylic acids is 1. The molecule has 0 fully saturated rings. The second-order valence-corrected chi connectivity index (χ2v) is 7.60. The number of anilines is 1. The molecule has 3 rings (SSSR count). The highest BCUT2D eigenvalue weighted by Gasteiger charge is 2.24. The summed E-state index contributed by atoms with van der Waals surface area (Å²) in [6, 6.07) is 9.45. The van der Waals surface area contributed by atoms with Gasteiger partial charge in [0.2, 0.25) is 0 Å². The van der Waals surface area contributed by atoms with Gasteiger partial charge in [0.1, 0.15) is 16.8 Å². The summed E-state index contributed by atoms with van der Waals surface area (Å²) >= 11 is 1.55. The first-order chi connectivity index (χ1) is 12.1. The third kappa shape index (κ3) is 3.85. The van der Waals surface area contributed by atoms with E-state index in [9.17, 15) is 10.1 Å². The van der Waals surface area contributed by atoms with Crippen LogP contribution >= 0.6 is 11.3 Å². The number of rotatable bonds is 5. The first-order valence-electron chi connectivity index (χ1n) is 8.71. The first kappa shape index (κ1) is 17.5. The third-order valence-electron chi connectivity index (χ3n) is 4.42. The standard InChI is InChI=1S/C20H22N2O2S/c1-3-9-24-15-6-4-5-14(11-15)19(23)22-20-17(12-21)16-8-7-13(2)10-18(16)25-20/h4-6,11,13H,3,7-10H2,1-2H3,(H,22,23). The maximum Gasteiger partial charge on any atom is 0.256 e. The molecule has 2 aromatic rings. The molecular weight excluding hydrogens is 332 g/mol. The zero-order chi connectivity index (χ0) is 17.8. The van der Waals surface area contributed by atoms with E-state index in [0.717, 1.165) is 31.2 Å². The largest absolute Gasteiger partial charge is 0.494 e. The number of nitrogens with one attached hydrogen (secondary N) is 1. The maximum atomic E-state index is 12.6. The fourth-order valence-electron chi connectivity index (χ4n) is 3.08. The van der Waals surface area contributed by atoms with Crippen molar-refractivity contribution >= 4 is 22.2 Å². The Labute approximate surface area is 152 Å². The van der Waals surface area contributed by atoms with Gasteiger partial charge in [-0.1, -0.05) is 19.9 Å². The fourth-order valence-corrected chi connectivity index (χ4v) is 4.44. The van der Waals surface area contributed by atoms with Gasteiger partial charge in [0.15, 0.2) is 0 Å². The molecule has 0 radical (unpaired) electrons. The molecule has 25 heavy (non-hydrogen) atoms. The van der Waals surface area contributed by atoms with Crippen molar-refractivity contribution in [3.63, 3.8) is 0 Å². The van der Waals surface area contributed by atoms with Crippen LogP contribution in [0.1, 0.15) is 53.1 Å². The number of nitriles is 1. The number of benzene rings is 1. The van der Waals surface area contributed by atoms with E-state index in [-0.39, 0.29) is 5.91 Å². The summed E-state index contributed by atoms with van der Waals surface area (Å²) in [6.45, 7) is 4.90. The molecule has 0 spiro atoms. The Balaban J connectivity index is 1.81. The predicted molar refractivity (Wildman–Crippen MR) is 100 cm³/mol. The molecule has 1 atom stereocenters. The lowest BCUT2D eigenvalue weighted by molar-refractivity contribution is 0.102. The molecule has 0 bridgehead atoms. The van der Waals surface area contributed by atoms with E-state index in [4.69, 9.17) is 4.74 Å². The molecular formula is C20H22N2O2S. The van der Waals surface area contributed by atoms with Crippen molar-refractivity contribution in [3.05, 3.63) is 45.8 Å². The summed E-state index contributed by atoms with van der Waals surface area (Å²) in [5, 5.41) is 13.1. The quantitative estimate of drug-likeness (QED) is 0.840. The molecule has 1 heterocycles. The van der Waals surface area contributed by atoms with Gasteiger partial charge in [-0.15, -0.1) is 11.3 Å². The van der Waals surface area contributed by atoms with E-state index in [1.807, 2.05) is 19.1 Å². The highest BCUT2D eigenvalue weighted by atomic mass is 32.1. The van der Waals surface area contributed by atoms with Crippen LogP contribution in [-0.2, 0) is 12.8 Å². The van der Waals surface area contributed by atoms with E-state index in [0.29, 0.717) is 34.4 Å². The highest BCUT2D eigenvalue weighted by Crippen LogP contribution is 2.39. The van der Waals surface area contributed by atoms with Gasteiger partial charge in [-0.25, -0.2) is 0 Å². The zero-order valence-corrected chi connectivity index (χ0v) is 15.4. The van der Waals surface area contributed by atoms with Gasteiger partial charge in [0.05, 0.1) is 12.2 Å². The summed E-state index contributed by atoms with van der Waals surface area (Å²) in [6.07, 6.45) is 3.93. The Kier molecular flexibility index (Phi) is 5.40. The van der Waals surface area contributed by atoms with Gasteiger partial charge >= 0.3 is 0 Å². The Morgan fingerprint density at radius 2 is 2.32 bits per heavy atom. The van der Waals surface area contributed by atoms with Crippen LogP contribution in [0, 0.1) is 17.2 Å². The molecule has 1 aromatic carbocycles. The first-order valence-corrected chi connectivity index (χ1v) is 9.52. The number of thiophene rings is 1. The Bertz CT molecular complexity index is 820. The number of hydrogen-bond acceptors (Lipinski definition) is 4. The van der Waals surface area contributed by atoms with Crippen LogP contribution < -0.4 is 10.1 Å². The molecule has 1 aliphatic carbocycles. The molecule has 0 saturated heterocycles. The van der Waals surface area contributed by atoms with Crippen LogP contribution in [0.5, 0.6) is 5.75 Å². The average Bonchev–Trinajstić information content (AvgIpc) is 2.96. The van der Waals surface area contributed by atoms with Gasteiger partial charge in [0.25, 0.3) is 5.91 Å². The maximum absolute atomic E-state index is 12.6. The van der Waals surface area contributed by atoms with Gasteiger partial charge in [-0.05, 0) is 55.4 Å². The van der Waals surface area contributed by atoms with Crippen LogP contribution in [-0.4, -0.2) is 12.5 Å². The number of hydrogen-bond donors (Lipinski definition) is 1. The second kappa shape index (κ2) is 7.71. The van der Waals surface area contributed by atoms with E-state index in [1.54, 1.807) is 23.5 Å². The molecule has 4 nitrogen and oxygen atoms in total. The van der Waals surface area contributed by atoms with E-state index < -0.39 is 0 Å². The minimum absolute atomic E-state index is 0.204. The highest BCUT2D eigenvalue weighted by molar-refractivity contribution is 7.16. The molecule has 0 saturated carbocycles. The van der Waals surface area contributed by atoms with E-state index >= 15 is 0 Å². The Morgan fingerprint density at radius 1 is 1.48 bits per heavy atom. The van der Waals surface area contributed by atoms with Crippen LogP contribution in [0.15, 0.2) is 24.3 Å². The van der Waals surface area contributed by atoms with E-state index in [1.165, 1.54) is 4.88 Å². The second-order valence-electron chi connectivity index (χ2n) is 6.50. The van der Waals surface area contributed by atoms with Crippen LogP contribution in [0.4, 0.5) is 5.00 Å². The minimum Gasteiger partial charge on any atom is -0.494 e. The van der Waals surface area contributed by atoms with Crippen molar-refractivity contribution in [1.29, 1.82) is 5.26 Å². The fraction of sp³-hybridized carbons (Fsp3) is 0.400. The number of nitrogens with zero attached hydrogens (tertiary/aromatic N) is 1. The minimum atomic E-state index is -0.204. The lowest BCUT2D eigenvalue weighted by atomic mass is 9.88. The Hall–Kier alpha value is -2.32. The van der Waals surface area contributed by atoms with Gasteiger partial charge in [-0.2, -0.15) is 5.26 Å². The third-order valence-corrected chi connectivity index (χ3v) is 5.59. The summed E-state index contributed by atoms with van der Waals surface area (Å²) in [7, 11) is 0. The van der Waals surface area contributed by atoms with Crippen molar-refractivity contribution in [2.45, 2.75) is 39.5 Å². The molecule has 1 aliphatic rings.